The van der Waals surface area contributed by atoms with Crippen LogP contribution < -0.4 is 24.2 Å². The van der Waals surface area contributed by atoms with Crippen molar-refractivity contribution in [2.75, 3.05) is 31.3 Å². The number of nitro groups is 1. The van der Waals surface area contributed by atoms with Crippen LogP contribution in [0.3, 0.4) is 0 Å². The fourth-order valence-electron chi connectivity index (χ4n) is 4.79. The Morgan fingerprint density at radius 3 is 2.08 bits per heavy atom. The van der Waals surface area contributed by atoms with E-state index in [9.17, 15) is 19.7 Å². The van der Waals surface area contributed by atoms with Crippen molar-refractivity contribution in [3.8, 4) is 17.2 Å². The molecule has 11 nitrogen and oxygen atoms in total. The first-order valence-electron chi connectivity index (χ1n) is 11.3. The first kappa shape index (κ1) is 24.1. The van der Waals surface area contributed by atoms with E-state index in [-0.39, 0.29) is 22.7 Å². The van der Waals surface area contributed by atoms with Gasteiger partial charge in [0.15, 0.2) is 17.6 Å². The summed E-state index contributed by atoms with van der Waals surface area (Å²) in [6, 6.07) is 17.0. The molecular formula is C26H23N3O8. The van der Waals surface area contributed by atoms with E-state index in [1.54, 1.807) is 54.6 Å². The zero-order valence-electron chi connectivity index (χ0n) is 20.2. The van der Waals surface area contributed by atoms with Gasteiger partial charge in [-0.2, -0.15) is 0 Å². The first-order chi connectivity index (χ1) is 17.9. The Balaban J connectivity index is 1.66. The van der Waals surface area contributed by atoms with Gasteiger partial charge in [-0.25, -0.2) is 9.96 Å². The Hall–Kier alpha value is -4.64. The van der Waals surface area contributed by atoms with E-state index in [0.717, 1.165) is 4.90 Å². The number of carbonyl (C=O) groups is 2. The van der Waals surface area contributed by atoms with Gasteiger partial charge in [0.2, 0.25) is 5.91 Å². The zero-order valence-corrected chi connectivity index (χ0v) is 20.2. The number of fused-ring (bicyclic) bond motifs is 1. The van der Waals surface area contributed by atoms with Gasteiger partial charge in [0.1, 0.15) is 17.7 Å². The predicted molar refractivity (Wildman–Crippen MR) is 132 cm³/mol. The third-order valence-corrected chi connectivity index (χ3v) is 6.50. The predicted octanol–water partition coefficient (Wildman–Crippen LogP) is 3.67. The maximum absolute atomic E-state index is 13.8. The molecule has 2 fully saturated rings. The number of ether oxygens (including phenoxy) is 3. The van der Waals surface area contributed by atoms with Crippen molar-refractivity contribution in [2.24, 2.45) is 5.92 Å². The van der Waals surface area contributed by atoms with Gasteiger partial charge in [0.25, 0.3) is 11.6 Å². The molecular weight excluding hydrogens is 482 g/mol. The summed E-state index contributed by atoms with van der Waals surface area (Å²) in [7, 11) is 4.29. The summed E-state index contributed by atoms with van der Waals surface area (Å²) in [4.78, 5) is 46.0. The van der Waals surface area contributed by atoms with Gasteiger partial charge in [-0.05, 0) is 42.5 Å². The molecule has 0 N–H and O–H groups in total. The van der Waals surface area contributed by atoms with Crippen molar-refractivity contribution >= 4 is 28.9 Å². The molecule has 3 atom stereocenters. The Bertz CT molecular complexity index is 1360. The van der Waals surface area contributed by atoms with Crippen LogP contribution in [0.2, 0.25) is 0 Å². The molecule has 2 aliphatic heterocycles. The van der Waals surface area contributed by atoms with Crippen molar-refractivity contribution in [3.05, 3.63) is 82.4 Å². The summed E-state index contributed by atoms with van der Waals surface area (Å²) >= 11 is 0. The van der Waals surface area contributed by atoms with Crippen LogP contribution in [0.5, 0.6) is 17.2 Å². The minimum Gasteiger partial charge on any atom is -0.497 e. The number of carbonyl (C=O) groups excluding carboxylic acids is 2. The highest BCUT2D eigenvalue weighted by atomic mass is 16.7. The van der Waals surface area contributed by atoms with E-state index in [1.807, 2.05) is 0 Å². The van der Waals surface area contributed by atoms with Gasteiger partial charge in [-0.15, -0.1) is 0 Å². The number of methoxy groups -OCH3 is 3. The monoisotopic (exact) mass is 505 g/mol. The molecule has 0 aliphatic carbocycles. The zero-order chi connectivity index (χ0) is 26.3. The van der Waals surface area contributed by atoms with E-state index >= 15 is 0 Å². The Kier molecular flexibility index (Phi) is 6.14. The highest BCUT2D eigenvalue weighted by Gasteiger charge is 2.61. The molecule has 2 heterocycles. The van der Waals surface area contributed by atoms with E-state index in [4.69, 9.17) is 19.0 Å². The van der Waals surface area contributed by atoms with Gasteiger partial charge >= 0.3 is 0 Å². The van der Waals surface area contributed by atoms with E-state index in [0.29, 0.717) is 17.1 Å². The molecule has 3 aromatic carbocycles. The molecule has 0 radical (unpaired) electrons. The summed E-state index contributed by atoms with van der Waals surface area (Å²) in [5.74, 6) is -1.20. The molecule has 5 rings (SSSR count). The number of amides is 2. The van der Waals surface area contributed by atoms with Crippen LogP contribution in [0.25, 0.3) is 0 Å². The first-order valence-corrected chi connectivity index (χ1v) is 11.3. The number of hydroxylamine groups is 1. The molecule has 0 bridgehead atoms. The van der Waals surface area contributed by atoms with Crippen LogP contribution in [0, 0.1) is 16.0 Å². The van der Waals surface area contributed by atoms with Gasteiger partial charge in [-0.1, -0.05) is 18.2 Å². The summed E-state index contributed by atoms with van der Waals surface area (Å²) in [6.07, 6.45) is -1.19. The summed E-state index contributed by atoms with van der Waals surface area (Å²) in [5, 5.41) is 13.5. The molecule has 0 saturated carbocycles. The average molecular weight is 505 g/mol. The van der Waals surface area contributed by atoms with Crippen molar-refractivity contribution in [2.45, 2.75) is 12.1 Å². The molecule has 2 aliphatic rings. The van der Waals surface area contributed by atoms with Gasteiger partial charge in [-0.3, -0.25) is 24.5 Å². The standard InChI is InChI=1S/C26H23N3O8/c1-34-17-11-9-15(10-12-17)27-25(30)22-23(18-13-20(35-2)21(36-3)14-19(18)29(32)33)28(37-24(22)26(27)31)16-7-5-4-6-8-16/h4-14,22-24H,1-3H3. The smallest absolute Gasteiger partial charge is 0.278 e. The molecule has 3 aromatic rings. The van der Waals surface area contributed by atoms with Crippen molar-refractivity contribution in [1.29, 1.82) is 0 Å². The molecule has 37 heavy (non-hydrogen) atoms. The minimum atomic E-state index is -1.19. The lowest BCUT2D eigenvalue weighted by Crippen LogP contribution is -2.37. The van der Waals surface area contributed by atoms with Crippen LogP contribution in [0.4, 0.5) is 17.1 Å². The number of hydrogen-bond acceptors (Lipinski definition) is 9. The SMILES string of the molecule is COc1ccc(N2C(=O)C3ON(c4ccccc4)C(c4cc(OC)c(OC)cc4[N+](=O)[O-])C3C2=O)cc1. The average Bonchev–Trinajstić information content (AvgIpc) is 3.43. The number of para-hydroxylation sites is 1. The van der Waals surface area contributed by atoms with Gasteiger partial charge < -0.3 is 14.2 Å². The second-order valence-corrected chi connectivity index (χ2v) is 8.39. The maximum Gasteiger partial charge on any atom is 0.278 e. The molecule has 2 amide bonds. The lowest BCUT2D eigenvalue weighted by molar-refractivity contribution is -0.385. The van der Waals surface area contributed by atoms with Crippen molar-refractivity contribution in [3.63, 3.8) is 0 Å². The number of imide groups is 1. The number of anilines is 2. The lowest BCUT2D eigenvalue weighted by atomic mass is 9.89. The number of hydrogen-bond donors (Lipinski definition) is 0. The fourth-order valence-corrected chi connectivity index (χ4v) is 4.79. The quantitative estimate of drug-likeness (QED) is 0.269. The van der Waals surface area contributed by atoms with Crippen molar-refractivity contribution < 1.29 is 33.6 Å². The number of benzene rings is 3. The van der Waals surface area contributed by atoms with Crippen LogP contribution in [-0.2, 0) is 14.4 Å². The minimum absolute atomic E-state index is 0.150. The van der Waals surface area contributed by atoms with E-state index in [1.165, 1.54) is 38.5 Å². The van der Waals surface area contributed by atoms with E-state index < -0.39 is 34.8 Å². The maximum atomic E-state index is 13.8. The third kappa shape index (κ3) is 3.89. The molecule has 11 heteroatoms. The van der Waals surface area contributed by atoms with Crippen LogP contribution in [0.15, 0.2) is 66.7 Å². The van der Waals surface area contributed by atoms with Crippen LogP contribution in [0.1, 0.15) is 11.6 Å². The Morgan fingerprint density at radius 2 is 1.49 bits per heavy atom. The number of nitro benzene ring substituents is 1. The topological polar surface area (TPSA) is 121 Å². The molecule has 190 valence electrons. The van der Waals surface area contributed by atoms with Crippen molar-refractivity contribution in [1.82, 2.24) is 0 Å². The molecule has 2 saturated heterocycles. The second kappa shape index (κ2) is 9.43. The highest BCUT2D eigenvalue weighted by molar-refractivity contribution is 6.24. The largest absolute Gasteiger partial charge is 0.497 e. The normalized spacial score (nSPS) is 20.7. The summed E-state index contributed by atoms with van der Waals surface area (Å²) in [5.41, 5.74) is 0.732. The lowest BCUT2D eigenvalue weighted by Gasteiger charge is -2.29. The van der Waals surface area contributed by atoms with Gasteiger partial charge in [0.05, 0.1) is 49.3 Å². The van der Waals surface area contributed by atoms with Gasteiger partial charge in [0, 0.05) is 0 Å². The van der Waals surface area contributed by atoms with Crippen LogP contribution in [-0.4, -0.2) is 44.2 Å². The number of nitrogens with zero attached hydrogens (tertiary/aromatic N) is 3. The summed E-state index contributed by atoms with van der Waals surface area (Å²) < 4.78 is 15.8. The second-order valence-electron chi connectivity index (χ2n) is 8.39. The Morgan fingerprint density at radius 1 is 0.838 bits per heavy atom. The number of rotatable bonds is 7. The molecule has 3 unspecified atom stereocenters. The molecule has 0 aromatic heterocycles. The highest BCUT2D eigenvalue weighted by Crippen LogP contribution is 2.51. The summed E-state index contributed by atoms with van der Waals surface area (Å²) in [6.45, 7) is 0. The molecule has 0 spiro atoms. The third-order valence-electron chi connectivity index (χ3n) is 6.50. The fraction of sp³-hybridized carbons (Fsp3) is 0.231. The van der Waals surface area contributed by atoms with E-state index in [2.05, 4.69) is 0 Å². The van der Waals surface area contributed by atoms with Crippen LogP contribution >= 0.6 is 0 Å². The Labute approximate surface area is 211 Å².